The molecular formula is C20H18ClN3O. The van der Waals surface area contributed by atoms with Gasteiger partial charge in [-0.2, -0.15) is 0 Å². The van der Waals surface area contributed by atoms with Gasteiger partial charge in [-0.15, -0.1) is 0 Å². The molecule has 1 amide bonds. The first-order chi connectivity index (χ1) is 12.0. The van der Waals surface area contributed by atoms with Gasteiger partial charge in [-0.3, -0.25) is 4.79 Å². The Bertz CT molecular complexity index is 879. The zero-order valence-electron chi connectivity index (χ0n) is 14.0. The van der Waals surface area contributed by atoms with Crippen molar-refractivity contribution >= 4 is 34.7 Å². The number of nitrogens with one attached hydrogen (secondary N) is 1. The Morgan fingerprint density at radius 3 is 2.52 bits per heavy atom. The molecule has 3 aromatic rings. The number of hydrogen-bond donors (Lipinski definition) is 1. The monoisotopic (exact) mass is 351 g/mol. The van der Waals surface area contributed by atoms with E-state index in [4.69, 9.17) is 11.6 Å². The number of benzene rings is 2. The molecule has 0 aliphatic rings. The standard InChI is InChI=1S/C20H18ClN3O/c1-14-8-10-16(21)12-18(14)23-20(25)15-9-11-19(22-13-15)24(2)17-6-4-3-5-7-17/h3-13H,1-2H3,(H,23,25). The molecule has 1 aromatic heterocycles. The summed E-state index contributed by atoms with van der Waals surface area (Å²) < 4.78 is 0. The Balaban J connectivity index is 1.76. The summed E-state index contributed by atoms with van der Waals surface area (Å²) >= 11 is 5.99. The van der Waals surface area contributed by atoms with E-state index in [1.165, 1.54) is 0 Å². The van der Waals surface area contributed by atoms with Gasteiger partial charge in [-0.1, -0.05) is 35.9 Å². The molecule has 0 atom stereocenters. The lowest BCUT2D eigenvalue weighted by Gasteiger charge is -2.18. The van der Waals surface area contributed by atoms with Crippen LogP contribution in [0.5, 0.6) is 0 Å². The van der Waals surface area contributed by atoms with Crippen LogP contribution in [0, 0.1) is 6.92 Å². The minimum atomic E-state index is -0.216. The van der Waals surface area contributed by atoms with E-state index in [-0.39, 0.29) is 5.91 Å². The lowest BCUT2D eigenvalue weighted by molar-refractivity contribution is 0.102. The fourth-order valence-corrected chi connectivity index (χ4v) is 2.60. The van der Waals surface area contributed by atoms with Crippen molar-refractivity contribution in [2.45, 2.75) is 6.92 Å². The summed E-state index contributed by atoms with van der Waals surface area (Å²) in [6.45, 7) is 1.92. The Morgan fingerprint density at radius 2 is 1.84 bits per heavy atom. The third-order valence-corrected chi connectivity index (χ3v) is 4.18. The predicted octanol–water partition coefficient (Wildman–Crippen LogP) is 5.06. The molecule has 0 spiro atoms. The normalized spacial score (nSPS) is 10.4. The summed E-state index contributed by atoms with van der Waals surface area (Å²) in [5.74, 6) is 0.550. The molecular weight excluding hydrogens is 334 g/mol. The van der Waals surface area contributed by atoms with E-state index in [1.807, 2.05) is 61.3 Å². The molecule has 0 fully saturated rings. The molecule has 0 aliphatic carbocycles. The van der Waals surface area contributed by atoms with E-state index in [0.29, 0.717) is 16.3 Å². The topological polar surface area (TPSA) is 45.2 Å². The van der Waals surface area contributed by atoms with Gasteiger partial charge in [-0.25, -0.2) is 4.98 Å². The third kappa shape index (κ3) is 3.98. The van der Waals surface area contributed by atoms with Gasteiger partial charge < -0.3 is 10.2 Å². The Morgan fingerprint density at radius 1 is 1.08 bits per heavy atom. The molecule has 4 nitrogen and oxygen atoms in total. The van der Waals surface area contributed by atoms with Crippen LogP contribution in [0.3, 0.4) is 0 Å². The average molecular weight is 352 g/mol. The first-order valence-electron chi connectivity index (χ1n) is 7.87. The number of para-hydroxylation sites is 1. The van der Waals surface area contributed by atoms with Crippen LogP contribution >= 0.6 is 11.6 Å². The molecule has 0 bridgehead atoms. The van der Waals surface area contributed by atoms with E-state index in [0.717, 1.165) is 17.1 Å². The SMILES string of the molecule is Cc1ccc(Cl)cc1NC(=O)c1ccc(N(C)c2ccccc2)nc1. The van der Waals surface area contributed by atoms with Crippen LogP contribution in [0.2, 0.25) is 5.02 Å². The molecule has 126 valence electrons. The van der Waals surface area contributed by atoms with Crippen LogP contribution in [0.25, 0.3) is 0 Å². The van der Waals surface area contributed by atoms with Gasteiger partial charge >= 0.3 is 0 Å². The van der Waals surface area contributed by atoms with E-state index in [9.17, 15) is 4.79 Å². The first-order valence-corrected chi connectivity index (χ1v) is 8.25. The number of carbonyl (C=O) groups excluding carboxylic acids is 1. The molecule has 5 heteroatoms. The van der Waals surface area contributed by atoms with Gasteiger partial charge in [0.05, 0.1) is 5.56 Å². The highest BCUT2D eigenvalue weighted by molar-refractivity contribution is 6.31. The Hall–Kier alpha value is -2.85. The second kappa shape index (κ2) is 7.36. The molecule has 25 heavy (non-hydrogen) atoms. The van der Waals surface area contributed by atoms with Gasteiger partial charge in [0.25, 0.3) is 5.91 Å². The van der Waals surface area contributed by atoms with Crippen molar-refractivity contribution in [3.05, 3.63) is 83.0 Å². The van der Waals surface area contributed by atoms with Gasteiger partial charge in [0.2, 0.25) is 0 Å². The number of anilines is 3. The van der Waals surface area contributed by atoms with Crippen molar-refractivity contribution in [2.24, 2.45) is 0 Å². The second-order valence-corrected chi connectivity index (χ2v) is 6.15. The van der Waals surface area contributed by atoms with Crippen LogP contribution < -0.4 is 10.2 Å². The number of rotatable bonds is 4. The number of carbonyl (C=O) groups is 1. The number of aromatic nitrogens is 1. The van der Waals surface area contributed by atoms with Gasteiger partial charge in [0.15, 0.2) is 0 Å². The highest BCUT2D eigenvalue weighted by atomic mass is 35.5. The van der Waals surface area contributed by atoms with Crippen LogP contribution in [0.15, 0.2) is 66.9 Å². The maximum Gasteiger partial charge on any atom is 0.257 e. The van der Waals surface area contributed by atoms with Crippen LogP contribution in [0.4, 0.5) is 17.2 Å². The van der Waals surface area contributed by atoms with Crippen molar-refractivity contribution in [2.75, 3.05) is 17.3 Å². The molecule has 2 aromatic carbocycles. The predicted molar refractivity (Wildman–Crippen MR) is 103 cm³/mol. The number of aryl methyl sites for hydroxylation is 1. The summed E-state index contributed by atoms with van der Waals surface area (Å²) in [5, 5.41) is 3.45. The van der Waals surface area contributed by atoms with Crippen molar-refractivity contribution in [3.8, 4) is 0 Å². The summed E-state index contributed by atoms with van der Waals surface area (Å²) in [7, 11) is 1.94. The number of amides is 1. The highest BCUT2D eigenvalue weighted by Crippen LogP contribution is 2.23. The fraction of sp³-hybridized carbons (Fsp3) is 0.100. The molecule has 0 unspecified atom stereocenters. The van der Waals surface area contributed by atoms with E-state index < -0.39 is 0 Å². The third-order valence-electron chi connectivity index (χ3n) is 3.95. The number of pyridine rings is 1. The van der Waals surface area contributed by atoms with Gasteiger partial charge in [0.1, 0.15) is 5.82 Å². The molecule has 0 aliphatic heterocycles. The van der Waals surface area contributed by atoms with Crippen LogP contribution in [0.1, 0.15) is 15.9 Å². The maximum absolute atomic E-state index is 12.4. The van der Waals surface area contributed by atoms with Crippen LogP contribution in [-0.2, 0) is 0 Å². The minimum absolute atomic E-state index is 0.216. The van der Waals surface area contributed by atoms with Gasteiger partial charge in [-0.05, 0) is 48.9 Å². The summed E-state index contributed by atoms with van der Waals surface area (Å²) in [6, 6.07) is 18.9. The zero-order chi connectivity index (χ0) is 17.8. The Labute approximate surface area is 152 Å². The zero-order valence-corrected chi connectivity index (χ0v) is 14.8. The first kappa shape index (κ1) is 17.0. The Kier molecular flexibility index (Phi) is 5.00. The molecule has 0 saturated heterocycles. The second-order valence-electron chi connectivity index (χ2n) is 5.71. The molecule has 3 rings (SSSR count). The lowest BCUT2D eigenvalue weighted by atomic mass is 10.2. The van der Waals surface area contributed by atoms with Crippen LogP contribution in [-0.4, -0.2) is 17.9 Å². The van der Waals surface area contributed by atoms with E-state index in [2.05, 4.69) is 10.3 Å². The number of halogens is 1. The summed E-state index contributed by atoms with van der Waals surface area (Å²) in [4.78, 5) is 18.8. The molecule has 1 heterocycles. The smallest absolute Gasteiger partial charge is 0.257 e. The van der Waals surface area contributed by atoms with E-state index in [1.54, 1.807) is 24.4 Å². The number of nitrogens with zero attached hydrogens (tertiary/aromatic N) is 2. The quantitative estimate of drug-likeness (QED) is 0.714. The largest absolute Gasteiger partial charge is 0.329 e. The highest BCUT2D eigenvalue weighted by Gasteiger charge is 2.10. The summed E-state index contributed by atoms with van der Waals surface area (Å²) in [5.41, 5.74) is 3.17. The number of hydrogen-bond acceptors (Lipinski definition) is 3. The molecule has 0 saturated carbocycles. The van der Waals surface area contributed by atoms with Gasteiger partial charge in [0, 0.05) is 29.6 Å². The molecule has 0 radical (unpaired) electrons. The maximum atomic E-state index is 12.4. The van der Waals surface area contributed by atoms with Crippen molar-refractivity contribution < 1.29 is 4.79 Å². The van der Waals surface area contributed by atoms with Crippen molar-refractivity contribution in [1.29, 1.82) is 0 Å². The van der Waals surface area contributed by atoms with E-state index >= 15 is 0 Å². The summed E-state index contributed by atoms with van der Waals surface area (Å²) in [6.07, 6.45) is 1.57. The molecule has 1 N–H and O–H groups in total. The van der Waals surface area contributed by atoms with Crippen molar-refractivity contribution in [1.82, 2.24) is 4.98 Å². The lowest BCUT2D eigenvalue weighted by Crippen LogP contribution is -2.15. The fourth-order valence-electron chi connectivity index (χ4n) is 2.43. The average Bonchev–Trinajstić information content (AvgIpc) is 2.65. The van der Waals surface area contributed by atoms with Crippen molar-refractivity contribution in [3.63, 3.8) is 0 Å². The minimum Gasteiger partial charge on any atom is -0.329 e.